The molecule has 0 radical (unpaired) electrons. The first kappa shape index (κ1) is 28.1. The lowest BCUT2D eigenvalue weighted by atomic mass is 10.0. The molecule has 1 aliphatic heterocycles. The molecular formula is C25H43NO5Si. The Morgan fingerprint density at radius 2 is 1.62 bits per heavy atom. The summed E-state index contributed by atoms with van der Waals surface area (Å²) < 4.78 is 16.7. The van der Waals surface area contributed by atoms with Crippen molar-refractivity contribution < 1.29 is 23.5 Å². The second-order valence-electron chi connectivity index (χ2n) is 9.29. The third kappa shape index (κ3) is 11.1. The van der Waals surface area contributed by atoms with Crippen LogP contribution in [0, 0.1) is 0 Å². The average molecular weight is 466 g/mol. The van der Waals surface area contributed by atoms with E-state index in [9.17, 15) is 9.59 Å². The third-order valence-electron chi connectivity index (χ3n) is 5.22. The number of allylic oxidation sites excluding steroid dienone is 2. The Morgan fingerprint density at radius 3 is 2.19 bits per heavy atom. The van der Waals surface area contributed by atoms with Crippen LogP contribution in [0.4, 0.5) is 0 Å². The number of ether oxygens (including phenoxy) is 2. The van der Waals surface area contributed by atoms with Crippen LogP contribution in [0.3, 0.4) is 0 Å². The van der Waals surface area contributed by atoms with Crippen molar-refractivity contribution in [3.63, 3.8) is 0 Å². The zero-order chi connectivity index (χ0) is 24.1. The van der Waals surface area contributed by atoms with Gasteiger partial charge in [-0.2, -0.15) is 0 Å². The molecule has 1 amide bonds. The highest BCUT2D eigenvalue weighted by molar-refractivity contribution is 6.69. The fourth-order valence-corrected chi connectivity index (χ4v) is 4.44. The summed E-state index contributed by atoms with van der Waals surface area (Å²) in [6.07, 6.45) is 8.89. The number of unbranched alkanes of at least 4 members (excludes halogenated alkanes) is 1. The standard InChI is InChI=1S/C25H43NO5Si/c1-8-29-24(28)14-12-10-11-13-22(19-25(30-9-2)31-32(5,6)7)17-18-23(27)26-20(3)15-16-21(26)4/h12,14,20-21H,8-11,13,15-18H2,1-7H3/b14-12+/t19?,20-,21-/m1/s1. The van der Waals surface area contributed by atoms with Crippen molar-refractivity contribution in [2.45, 2.75) is 104 Å². The van der Waals surface area contributed by atoms with Crippen molar-refractivity contribution in [3.8, 4) is 0 Å². The number of amides is 1. The van der Waals surface area contributed by atoms with E-state index in [0.717, 1.165) is 37.7 Å². The van der Waals surface area contributed by atoms with E-state index in [-0.39, 0.29) is 11.9 Å². The summed E-state index contributed by atoms with van der Waals surface area (Å²) in [5.41, 5.74) is 4.35. The number of nitrogens with zero attached hydrogens (tertiary/aromatic N) is 1. The molecule has 1 aliphatic rings. The number of rotatable bonds is 13. The van der Waals surface area contributed by atoms with Crippen molar-refractivity contribution in [1.82, 2.24) is 4.90 Å². The van der Waals surface area contributed by atoms with Gasteiger partial charge in [0, 0.05) is 24.6 Å². The molecule has 1 rings (SSSR count). The average Bonchev–Trinajstić information content (AvgIpc) is 3.02. The Kier molecular flexibility index (Phi) is 12.5. The SMILES string of the molecule is CCOC(=O)/C=C/CCCC(=C=C(OCC)O[Si](C)(C)C)CCC(=O)N1[C@H](C)CC[C@H]1C. The molecule has 2 atom stereocenters. The molecule has 0 aromatic carbocycles. The van der Waals surface area contributed by atoms with Crippen molar-refractivity contribution in [2.24, 2.45) is 0 Å². The van der Waals surface area contributed by atoms with E-state index in [1.165, 1.54) is 6.08 Å². The van der Waals surface area contributed by atoms with Crippen molar-refractivity contribution >= 4 is 20.2 Å². The van der Waals surface area contributed by atoms with Gasteiger partial charge < -0.3 is 18.8 Å². The molecule has 1 saturated heterocycles. The first-order valence-corrected chi connectivity index (χ1v) is 15.4. The molecule has 0 spiro atoms. The van der Waals surface area contributed by atoms with Gasteiger partial charge >= 0.3 is 11.9 Å². The van der Waals surface area contributed by atoms with Gasteiger partial charge in [0.1, 0.15) is 0 Å². The first-order valence-electron chi connectivity index (χ1n) is 12.0. The lowest BCUT2D eigenvalue weighted by molar-refractivity contribution is -0.137. The molecule has 6 nitrogen and oxygen atoms in total. The van der Waals surface area contributed by atoms with Crippen LogP contribution in [0.2, 0.25) is 19.6 Å². The smallest absolute Gasteiger partial charge is 0.330 e. The number of carbonyl (C=O) groups excluding carboxylic acids is 2. The number of esters is 1. The Morgan fingerprint density at radius 1 is 1.00 bits per heavy atom. The molecule has 0 aliphatic carbocycles. The molecule has 182 valence electrons. The van der Waals surface area contributed by atoms with Crippen LogP contribution >= 0.6 is 0 Å². The summed E-state index contributed by atoms with van der Waals surface area (Å²) in [7, 11) is -1.85. The highest BCUT2D eigenvalue weighted by atomic mass is 28.4. The van der Waals surface area contributed by atoms with Gasteiger partial charge in [0.05, 0.1) is 13.2 Å². The zero-order valence-corrected chi connectivity index (χ0v) is 22.2. The summed E-state index contributed by atoms with van der Waals surface area (Å²) in [5.74, 6) is 0.317. The topological polar surface area (TPSA) is 65.1 Å². The predicted molar refractivity (Wildman–Crippen MR) is 130 cm³/mol. The summed E-state index contributed by atoms with van der Waals surface area (Å²) in [4.78, 5) is 26.4. The van der Waals surface area contributed by atoms with E-state index < -0.39 is 8.32 Å². The number of likely N-dealkylation sites (tertiary alicyclic amines) is 1. The normalized spacial score (nSPS) is 18.4. The molecular weight excluding hydrogens is 422 g/mol. The lowest BCUT2D eigenvalue weighted by Gasteiger charge is -2.26. The predicted octanol–water partition coefficient (Wildman–Crippen LogP) is 5.71. The van der Waals surface area contributed by atoms with E-state index in [1.54, 1.807) is 6.92 Å². The van der Waals surface area contributed by atoms with Crippen LogP contribution in [-0.2, 0) is 23.5 Å². The number of carbonyl (C=O) groups is 2. The van der Waals surface area contributed by atoms with E-state index in [4.69, 9.17) is 13.9 Å². The summed E-state index contributed by atoms with van der Waals surface area (Å²) >= 11 is 0. The van der Waals surface area contributed by atoms with Gasteiger partial charge in [-0.3, -0.25) is 4.79 Å². The minimum absolute atomic E-state index is 0.202. The molecule has 0 bridgehead atoms. The second-order valence-corrected chi connectivity index (χ2v) is 13.7. The van der Waals surface area contributed by atoms with E-state index in [2.05, 4.69) is 39.2 Å². The van der Waals surface area contributed by atoms with Gasteiger partial charge in [0.2, 0.25) is 14.2 Å². The second kappa shape index (κ2) is 14.2. The molecule has 0 aromatic rings. The van der Waals surface area contributed by atoms with Crippen molar-refractivity contribution in [1.29, 1.82) is 0 Å². The Hall–Kier alpha value is -1.98. The van der Waals surface area contributed by atoms with Gasteiger partial charge in [-0.05, 0) is 97.2 Å². The van der Waals surface area contributed by atoms with Crippen LogP contribution in [0.1, 0.15) is 72.6 Å². The number of hydrogen-bond donors (Lipinski definition) is 0. The molecule has 1 heterocycles. The molecule has 0 aromatic heterocycles. The zero-order valence-electron chi connectivity index (χ0n) is 21.2. The van der Waals surface area contributed by atoms with Gasteiger partial charge in [0.15, 0.2) is 0 Å². The highest BCUT2D eigenvalue weighted by Gasteiger charge is 2.30. The molecule has 0 N–H and O–H groups in total. The molecule has 0 saturated carbocycles. The van der Waals surface area contributed by atoms with Gasteiger partial charge in [-0.1, -0.05) is 6.08 Å². The minimum atomic E-state index is -1.85. The quantitative estimate of drug-likeness (QED) is 0.0870. The van der Waals surface area contributed by atoms with Crippen LogP contribution < -0.4 is 0 Å². The maximum absolute atomic E-state index is 12.9. The molecule has 1 fully saturated rings. The van der Waals surface area contributed by atoms with Crippen LogP contribution in [0.15, 0.2) is 29.4 Å². The van der Waals surface area contributed by atoms with E-state index >= 15 is 0 Å². The molecule has 32 heavy (non-hydrogen) atoms. The lowest BCUT2D eigenvalue weighted by Crippen LogP contribution is -2.38. The summed E-state index contributed by atoms with van der Waals surface area (Å²) in [5, 5.41) is 0. The molecule has 0 unspecified atom stereocenters. The van der Waals surface area contributed by atoms with Crippen molar-refractivity contribution in [3.05, 3.63) is 29.4 Å². The van der Waals surface area contributed by atoms with Gasteiger partial charge in [-0.25, -0.2) is 4.79 Å². The monoisotopic (exact) mass is 465 g/mol. The maximum Gasteiger partial charge on any atom is 0.330 e. The van der Waals surface area contributed by atoms with Gasteiger partial charge in [0.25, 0.3) is 0 Å². The van der Waals surface area contributed by atoms with Crippen molar-refractivity contribution in [2.75, 3.05) is 13.2 Å². The van der Waals surface area contributed by atoms with Crippen LogP contribution in [-0.4, -0.2) is 50.4 Å². The highest BCUT2D eigenvalue weighted by Crippen LogP contribution is 2.25. The minimum Gasteiger partial charge on any atom is -0.514 e. The van der Waals surface area contributed by atoms with Crippen LogP contribution in [0.25, 0.3) is 0 Å². The first-order chi connectivity index (χ1) is 15.1. The fraction of sp³-hybridized carbons (Fsp3) is 0.720. The molecule has 7 heteroatoms. The summed E-state index contributed by atoms with van der Waals surface area (Å²) in [6.45, 7) is 15.2. The van der Waals surface area contributed by atoms with E-state index in [1.807, 2.05) is 17.9 Å². The fourth-order valence-electron chi connectivity index (χ4n) is 3.77. The largest absolute Gasteiger partial charge is 0.514 e. The van der Waals surface area contributed by atoms with E-state index in [0.29, 0.717) is 44.1 Å². The Balaban J connectivity index is 2.89. The third-order valence-corrected chi connectivity index (χ3v) is 6.02. The Labute approximate surface area is 195 Å². The van der Waals surface area contributed by atoms with Gasteiger partial charge in [-0.15, -0.1) is 0 Å². The Bertz CT molecular complexity index is 694. The number of hydrogen-bond acceptors (Lipinski definition) is 5. The summed E-state index contributed by atoms with van der Waals surface area (Å²) in [6, 6.07) is 0.616. The maximum atomic E-state index is 12.9. The van der Waals surface area contributed by atoms with Crippen LogP contribution in [0.5, 0.6) is 0 Å².